The topological polar surface area (TPSA) is 83.5 Å². The molecule has 8 heteroatoms. The Morgan fingerprint density at radius 2 is 2.00 bits per heavy atom. The van der Waals surface area contributed by atoms with Crippen LogP contribution in [0.5, 0.6) is 5.75 Å². The van der Waals surface area contributed by atoms with Crippen molar-refractivity contribution < 1.29 is 9.53 Å². The Morgan fingerprint density at radius 1 is 1.17 bits per heavy atom. The minimum absolute atomic E-state index is 0.126. The van der Waals surface area contributed by atoms with Gasteiger partial charge in [-0.2, -0.15) is 4.98 Å². The molecule has 2 aromatic heterocycles. The Morgan fingerprint density at radius 3 is 2.73 bits per heavy atom. The molecule has 0 aliphatic carbocycles. The standard InChI is InChI=1S/C22H30N6O2/c1-15-6-4-11-28(15)22-24-19(17-7-5-10-27(14-17)16(2)29)13-21(26-22)25-20-12-18(30-3)8-9-23-20/h8-9,12-13,15,17H,4-7,10-11,14H2,1-3H3,(H,23,24,25,26). The van der Waals surface area contributed by atoms with Crippen LogP contribution in [0.1, 0.15) is 51.1 Å². The van der Waals surface area contributed by atoms with Crippen molar-refractivity contribution in [2.45, 2.75) is 51.5 Å². The minimum atomic E-state index is 0.126. The summed E-state index contributed by atoms with van der Waals surface area (Å²) >= 11 is 0. The Kier molecular flexibility index (Phi) is 6.01. The second kappa shape index (κ2) is 8.85. The van der Waals surface area contributed by atoms with Crippen molar-refractivity contribution >= 4 is 23.5 Å². The molecule has 0 spiro atoms. The molecule has 160 valence electrons. The quantitative estimate of drug-likeness (QED) is 0.809. The first-order valence-corrected chi connectivity index (χ1v) is 10.7. The summed E-state index contributed by atoms with van der Waals surface area (Å²) in [5.41, 5.74) is 0.982. The van der Waals surface area contributed by atoms with E-state index in [0.717, 1.165) is 62.0 Å². The number of carbonyl (C=O) groups is 1. The van der Waals surface area contributed by atoms with Gasteiger partial charge in [0.15, 0.2) is 0 Å². The van der Waals surface area contributed by atoms with Crippen LogP contribution >= 0.6 is 0 Å². The molecule has 2 atom stereocenters. The highest BCUT2D eigenvalue weighted by molar-refractivity contribution is 5.73. The zero-order chi connectivity index (χ0) is 21.1. The van der Waals surface area contributed by atoms with E-state index >= 15 is 0 Å². The second-order valence-electron chi connectivity index (χ2n) is 8.17. The predicted octanol–water partition coefficient (Wildman–Crippen LogP) is 3.34. The van der Waals surface area contributed by atoms with Crippen LogP contribution in [0.25, 0.3) is 0 Å². The Labute approximate surface area is 177 Å². The van der Waals surface area contributed by atoms with Gasteiger partial charge in [-0.25, -0.2) is 9.97 Å². The lowest BCUT2D eigenvalue weighted by Gasteiger charge is -2.32. The van der Waals surface area contributed by atoms with Crippen LogP contribution in [0.3, 0.4) is 0 Å². The SMILES string of the molecule is COc1ccnc(Nc2cc(C3CCCN(C(C)=O)C3)nc(N3CCCC3C)n2)c1. The zero-order valence-electron chi connectivity index (χ0n) is 18.0. The van der Waals surface area contributed by atoms with Crippen LogP contribution in [0, 0.1) is 0 Å². The first kappa shape index (κ1) is 20.4. The number of anilines is 3. The molecule has 2 saturated heterocycles. The molecule has 1 N–H and O–H groups in total. The molecule has 4 heterocycles. The molecular formula is C22H30N6O2. The highest BCUT2D eigenvalue weighted by Gasteiger charge is 2.28. The van der Waals surface area contributed by atoms with Gasteiger partial charge >= 0.3 is 0 Å². The summed E-state index contributed by atoms with van der Waals surface area (Å²) in [5, 5.41) is 3.32. The van der Waals surface area contributed by atoms with Crippen molar-refractivity contribution in [1.82, 2.24) is 19.9 Å². The molecule has 30 heavy (non-hydrogen) atoms. The number of aromatic nitrogens is 3. The first-order valence-electron chi connectivity index (χ1n) is 10.7. The summed E-state index contributed by atoms with van der Waals surface area (Å²) < 4.78 is 5.31. The van der Waals surface area contributed by atoms with E-state index in [0.29, 0.717) is 18.4 Å². The van der Waals surface area contributed by atoms with Gasteiger partial charge in [0.05, 0.1) is 12.8 Å². The summed E-state index contributed by atoms with van der Waals surface area (Å²) in [6.45, 7) is 6.36. The molecule has 2 aliphatic rings. The average molecular weight is 411 g/mol. The number of nitrogens with one attached hydrogen (secondary N) is 1. The number of amides is 1. The molecule has 0 radical (unpaired) electrons. The molecule has 8 nitrogen and oxygen atoms in total. The second-order valence-corrected chi connectivity index (χ2v) is 8.17. The van der Waals surface area contributed by atoms with E-state index < -0.39 is 0 Å². The lowest BCUT2D eigenvalue weighted by atomic mass is 9.94. The first-order chi connectivity index (χ1) is 14.5. The molecule has 0 aromatic carbocycles. The number of pyridine rings is 1. The molecule has 0 bridgehead atoms. The van der Waals surface area contributed by atoms with Gasteiger partial charge in [-0.15, -0.1) is 0 Å². The molecule has 1 amide bonds. The van der Waals surface area contributed by atoms with Crippen LogP contribution in [-0.4, -0.2) is 58.5 Å². The minimum Gasteiger partial charge on any atom is -0.497 e. The molecule has 2 aliphatic heterocycles. The Hall–Kier alpha value is -2.90. The van der Waals surface area contributed by atoms with Gasteiger partial charge in [-0.3, -0.25) is 4.79 Å². The van der Waals surface area contributed by atoms with Gasteiger partial charge in [0.1, 0.15) is 17.4 Å². The molecule has 2 unspecified atom stereocenters. The van der Waals surface area contributed by atoms with E-state index in [2.05, 4.69) is 22.1 Å². The summed E-state index contributed by atoms with van der Waals surface area (Å²) in [5.74, 6) is 3.22. The fraction of sp³-hybridized carbons (Fsp3) is 0.545. The van der Waals surface area contributed by atoms with Crippen LogP contribution in [0.15, 0.2) is 24.4 Å². The lowest BCUT2D eigenvalue weighted by molar-refractivity contribution is -0.130. The predicted molar refractivity (Wildman–Crippen MR) is 116 cm³/mol. The maximum atomic E-state index is 11.9. The van der Waals surface area contributed by atoms with E-state index in [1.165, 1.54) is 0 Å². The van der Waals surface area contributed by atoms with E-state index in [1.54, 1.807) is 20.2 Å². The molecular weight excluding hydrogens is 380 g/mol. The Balaban J connectivity index is 1.66. The van der Waals surface area contributed by atoms with E-state index in [1.807, 2.05) is 23.1 Å². The Bertz CT molecular complexity index is 905. The third-order valence-electron chi connectivity index (χ3n) is 6.05. The monoisotopic (exact) mass is 410 g/mol. The highest BCUT2D eigenvalue weighted by atomic mass is 16.5. The molecule has 0 saturated carbocycles. The van der Waals surface area contributed by atoms with Gasteiger partial charge in [-0.05, 0) is 38.7 Å². The number of likely N-dealkylation sites (tertiary alicyclic amines) is 1. The highest BCUT2D eigenvalue weighted by Crippen LogP contribution is 2.31. The van der Waals surface area contributed by atoms with E-state index in [9.17, 15) is 4.79 Å². The number of rotatable bonds is 5. The summed E-state index contributed by atoms with van der Waals surface area (Å²) in [6.07, 6.45) is 6.01. The van der Waals surface area contributed by atoms with Gasteiger partial charge < -0.3 is 19.9 Å². The van der Waals surface area contributed by atoms with Gasteiger partial charge in [-0.1, -0.05) is 0 Å². The van der Waals surface area contributed by atoms with Crippen molar-refractivity contribution in [1.29, 1.82) is 0 Å². The lowest BCUT2D eigenvalue weighted by Crippen LogP contribution is -2.38. The van der Waals surface area contributed by atoms with Crippen molar-refractivity contribution in [2.75, 3.05) is 37.0 Å². The summed E-state index contributed by atoms with van der Waals surface area (Å²) in [7, 11) is 1.64. The number of hydrogen-bond donors (Lipinski definition) is 1. The summed E-state index contributed by atoms with van der Waals surface area (Å²) in [4.78, 5) is 30.3. The van der Waals surface area contributed by atoms with Crippen molar-refractivity contribution in [3.05, 3.63) is 30.1 Å². The van der Waals surface area contributed by atoms with Crippen LogP contribution in [0.4, 0.5) is 17.6 Å². The molecule has 4 rings (SSSR count). The number of piperidine rings is 1. The van der Waals surface area contributed by atoms with Crippen molar-refractivity contribution in [3.8, 4) is 5.75 Å². The largest absolute Gasteiger partial charge is 0.497 e. The van der Waals surface area contributed by atoms with Crippen molar-refractivity contribution in [3.63, 3.8) is 0 Å². The van der Waals surface area contributed by atoms with Crippen LogP contribution in [-0.2, 0) is 4.79 Å². The smallest absolute Gasteiger partial charge is 0.227 e. The third kappa shape index (κ3) is 4.47. The van der Waals surface area contributed by atoms with Crippen LogP contribution < -0.4 is 15.0 Å². The summed E-state index contributed by atoms with van der Waals surface area (Å²) in [6, 6.07) is 6.08. The number of hydrogen-bond acceptors (Lipinski definition) is 7. The van der Waals surface area contributed by atoms with Crippen molar-refractivity contribution in [2.24, 2.45) is 0 Å². The normalized spacial score (nSPS) is 21.6. The van der Waals surface area contributed by atoms with Crippen LogP contribution in [0.2, 0.25) is 0 Å². The van der Waals surface area contributed by atoms with Gasteiger partial charge in [0, 0.05) is 56.8 Å². The number of methoxy groups -OCH3 is 1. The van der Waals surface area contributed by atoms with E-state index in [4.69, 9.17) is 14.7 Å². The van der Waals surface area contributed by atoms with Gasteiger partial charge in [0.2, 0.25) is 11.9 Å². The number of nitrogens with zero attached hydrogens (tertiary/aromatic N) is 5. The van der Waals surface area contributed by atoms with E-state index in [-0.39, 0.29) is 11.8 Å². The fourth-order valence-corrected chi connectivity index (χ4v) is 4.33. The fourth-order valence-electron chi connectivity index (χ4n) is 4.33. The average Bonchev–Trinajstić information content (AvgIpc) is 3.19. The maximum absolute atomic E-state index is 11.9. The number of ether oxygens (including phenoxy) is 1. The number of carbonyl (C=O) groups excluding carboxylic acids is 1. The van der Waals surface area contributed by atoms with Gasteiger partial charge in [0.25, 0.3) is 0 Å². The maximum Gasteiger partial charge on any atom is 0.227 e. The molecule has 2 aromatic rings. The third-order valence-corrected chi connectivity index (χ3v) is 6.05. The molecule has 2 fully saturated rings. The zero-order valence-corrected chi connectivity index (χ0v) is 18.0.